The van der Waals surface area contributed by atoms with Crippen molar-refractivity contribution in [2.45, 2.75) is 19.9 Å². The molecule has 1 atom stereocenters. The van der Waals surface area contributed by atoms with Crippen molar-refractivity contribution in [1.82, 2.24) is 0 Å². The van der Waals surface area contributed by atoms with E-state index in [1.807, 2.05) is 6.07 Å². The molecule has 0 fully saturated rings. The first-order valence-corrected chi connectivity index (χ1v) is 6.39. The third kappa shape index (κ3) is 3.32. The van der Waals surface area contributed by atoms with Crippen LogP contribution in [0.2, 0.25) is 0 Å². The molecule has 0 aliphatic heterocycles. The minimum Gasteiger partial charge on any atom is -0.377 e. The summed E-state index contributed by atoms with van der Waals surface area (Å²) in [7, 11) is 0. The van der Waals surface area contributed by atoms with Gasteiger partial charge in [-0.05, 0) is 43.2 Å². The van der Waals surface area contributed by atoms with Crippen LogP contribution in [-0.4, -0.2) is 6.54 Å². The molecule has 0 aromatic heterocycles. The standard InChI is InChI=1S/C16H19FN2/c1-11-6-7-12(2)15(8-11)16(10-18)19-14-5-3-4-13(17)9-14/h3-9,16,19H,10,18H2,1-2H3. The number of aryl methyl sites for hydroxylation is 2. The maximum absolute atomic E-state index is 13.2. The lowest BCUT2D eigenvalue weighted by Crippen LogP contribution is -2.21. The van der Waals surface area contributed by atoms with Crippen LogP contribution in [0, 0.1) is 19.7 Å². The number of nitrogens with two attached hydrogens (primary N) is 1. The zero-order chi connectivity index (χ0) is 13.8. The van der Waals surface area contributed by atoms with Gasteiger partial charge in [0.25, 0.3) is 0 Å². The second kappa shape index (κ2) is 5.85. The van der Waals surface area contributed by atoms with E-state index in [2.05, 4.69) is 37.4 Å². The average Bonchev–Trinajstić information content (AvgIpc) is 2.39. The van der Waals surface area contributed by atoms with Crippen LogP contribution in [0.15, 0.2) is 42.5 Å². The molecule has 100 valence electrons. The van der Waals surface area contributed by atoms with Crippen LogP contribution in [-0.2, 0) is 0 Å². The lowest BCUT2D eigenvalue weighted by Gasteiger charge is -2.21. The van der Waals surface area contributed by atoms with E-state index in [0.29, 0.717) is 6.54 Å². The molecule has 3 heteroatoms. The number of benzene rings is 2. The Labute approximate surface area is 113 Å². The van der Waals surface area contributed by atoms with Crippen LogP contribution in [0.5, 0.6) is 0 Å². The van der Waals surface area contributed by atoms with Gasteiger partial charge in [-0.3, -0.25) is 0 Å². The van der Waals surface area contributed by atoms with Crippen LogP contribution in [0.4, 0.5) is 10.1 Å². The molecule has 0 spiro atoms. The predicted octanol–water partition coefficient (Wildman–Crippen LogP) is 3.55. The van der Waals surface area contributed by atoms with E-state index in [9.17, 15) is 4.39 Å². The molecule has 1 unspecified atom stereocenters. The van der Waals surface area contributed by atoms with E-state index < -0.39 is 0 Å². The summed E-state index contributed by atoms with van der Waals surface area (Å²) in [5.74, 6) is -0.248. The summed E-state index contributed by atoms with van der Waals surface area (Å²) in [5.41, 5.74) is 10.1. The van der Waals surface area contributed by atoms with Crippen molar-refractivity contribution in [3.8, 4) is 0 Å². The minimum atomic E-state index is -0.248. The summed E-state index contributed by atoms with van der Waals surface area (Å²) in [6.45, 7) is 4.57. The Morgan fingerprint density at radius 3 is 2.63 bits per heavy atom. The Hall–Kier alpha value is -1.87. The van der Waals surface area contributed by atoms with Crippen LogP contribution < -0.4 is 11.1 Å². The van der Waals surface area contributed by atoms with Crippen LogP contribution >= 0.6 is 0 Å². The van der Waals surface area contributed by atoms with Gasteiger partial charge < -0.3 is 11.1 Å². The number of hydrogen-bond donors (Lipinski definition) is 2. The number of hydrogen-bond acceptors (Lipinski definition) is 2. The maximum Gasteiger partial charge on any atom is 0.125 e. The highest BCUT2D eigenvalue weighted by Crippen LogP contribution is 2.23. The minimum absolute atomic E-state index is 0.0123. The van der Waals surface area contributed by atoms with Gasteiger partial charge in [0, 0.05) is 12.2 Å². The van der Waals surface area contributed by atoms with Crippen molar-refractivity contribution in [1.29, 1.82) is 0 Å². The van der Waals surface area contributed by atoms with Gasteiger partial charge in [-0.2, -0.15) is 0 Å². The van der Waals surface area contributed by atoms with Crippen LogP contribution in [0.3, 0.4) is 0 Å². The van der Waals surface area contributed by atoms with E-state index >= 15 is 0 Å². The summed E-state index contributed by atoms with van der Waals surface area (Å²) in [5, 5.41) is 3.29. The van der Waals surface area contributed by atoms with Gasteiger partial charge in [-0.15, -0.1) is 0 Å². The smallest absolute Gasteiger partial charge is 0.125 e. The summed E-state index contributed by atoms with van der Waals surface area (Å²) >= 11 is 0. The van der Waals surface area contributed by atoms with Crippen LogP contribution in [0.25, 0.3) is 0 Å². The van der Waals surface area contributed by atoms with Crippen molar-refractivity contribution in [3.63, 3.8) is 0 Å². The van der Waals surface area contributed by atoms with E-state index in [4.69, 9.17) is 5.73 Å². The third-order valence-electron chi connectivity index (χ3n) is 3.21. The first kappa shape index (κ1) is 13.6. The lowest BCUT2D eigenvalue weighted by atomic mass is 9.98. The first-order chi connectivity index (χ1) is 9.10. The topological polar surface area (TPSA) is 38.0 Å². The molecule has 0 heterocycles. The quantitative estimate of drug-likeness (QED) is 0.880. The predicted molar refractivity (Wildman–Crippen MR) is 77.7 cm³/mol. The van der Waals surface area contributed by atoms with Crippen LogP contribution in [0.1, 0.15) is 22.7 Å². The Morgan fingerprint density at radius 2 is 1.95 bits per heavy atom. The molecule has 2 aromatic carbocycles. The number of anilines is 1. The summed E-state index contributed by atoms with van der Waals surface area (Å²) in [6, 6.07) is 12.7. The molecule has 0 radical (unpaired) electrons. The molecular weight excluding hydrogens is 239 g/mol. The van der Waals surface area contributed by atoms with Gasteiger partial charge in [-0.25, -0.2) is 4.39 Å². The molecule has 0 aliphatic rings. The summed E-state index contributed by atoms with van der Waals surface area (Å²) in [4.78, 5) is 0. The molecule has 0 bridgehead atoms. The highest BCUT2D eigenvalue weighted by molar-refractivity contribution is 5.47. The number of nitrogens with one attached hydrogen (secondary N) is 1. The lowest BCUT2D eigenvalue weighted by molar-refractivity contribution is 0.627. The van der Waals surface area contributed by atoms with Gasteiger partial charge in [0.2, 0.25) is 0 Å². The Balaban J connectivity index is 2.27. The van der Waals surface area contributed by atoms with Gasteiger partial charge in [-0.1, -0.05) is 29.8 Å². The summed E-state index contributed by atoms with van der Waals surface area (Å²) < 4.78 is 13.2. The Morgan fingerprint density at radius 1 is 1.16 bits per heavy atom. The molecule has 2 rings (SSSR count). The van der Waals surface area contributed by atoms with Gasteiger partial charge >= 0.3 is 0 Å². The highest BCUT2D eigenvalue weighted by Gasteiger charge is 2.12. The van der Waals surface area contributed by atoms with Crippen molar-refractivity contribution < 1.29 is 4.39 Å². The maximum atomic E-state index is 13.2. The van der Waals surface area contributed by atoms with Crippen molar-refractivity contribution >= 4 is 5.69 Å². The van der Waals surface area contributed by atoms with Crippen molar-refractivity contribution in [2.75, 3.05) is 11.9 Å². The average molecular weight is 258 g/mol. The molecule has 0 saturated carbocycles. The second-order valence-corrected chi connectivity index (χ2v) is 4.80. The zero-order valence-electron chi connectivity index (χ0n) is 11.3. The van der Waals surface area contributed by atoms with Gasteiger partial charge in [0.05, 0.1) is 6.04 Å². The molecule has 2 nitrogen and oxygen atoms in total. The molecular formula is C16H19FN2. The van der Waals surface area contributed by atoms with E-state index in [1.54, 1.807) is 6.07 Å². The Kier molecular flexibility index (Phi) is 4.17. The molecule has 19 heavy (non-hydrogen) atoms. The molecule has 0 saturated heterocycles. The highest BCUT2D eigenvalue weighted by atomic mass is 19.1. The van der Waals surface area contributed by atoms with Gasteiger partial charge in [0.15, 0.2) is 0 Å². The zero-order valence-corrected chi connectivity index (χ0v) is 11.3. The molecule has 0 aliphatic carbocycles. The van der Waals surface area contributed by atoms with Gasteiger partial charge in [0.1, 0.15) is 5.82 Å². The van der Waals surface area contributed by atoms with E-state index in [1.165, 1.54) is 23.3 Å². The summed E-state index contributed by atoms with van der Waals surface area (Å²) in [6.07, 6.45) is 0. The third-order valence-corrected chi connectivity index (χ3v) is 3.21. The van der Waals surface area contributed by atoms with E-state index in [0.717, 1.165) is 11.3 Å². The van der Waals surface area contributed by atoms with Crippen molar-refractivity contribution in [2.24, 2.45) is 5.73 Å². The SMILES string of the molecule is Cc1ccc(C)c(C(CN)Nc2cccc(F)c2)c1. The molecule has 2 aromatic rings. The monoisotopic (exact) mass is 258 g/mol. The fourth-order valence-corrected chi connectivity index (χ4v) is 2.18. The Bertz CT molecular complexity index is 566. The normalized spacial score (nSPS) is 12.2. The molecule has 3 N–H and O–H groups in total. The fourth-order valence-electron chi connectivity index (χ4n) is 2.18. The fraction of sp³-hybridized carbons (Fsp3) is 0.250. The molecule has 0 amide bonds. The van der Waals surface area contributed by atoms with E-state index in [-0.39, 0.29) is 11.9 Å². The largest absolute Gasteiger partial charge is 0.377 e. The second-order valence-electron chi connectivity index (χ2n) is 4.80. The van der Waals surface area contributed by atoms with Crippen molar-refractivity contribution in [3.05, 3.63) is 65.0 Å². The number of halogens is 1. The first-order valence-electron chi connectivity index (χ1n) is 6.39. The number of rotatable bonds is 4.